The van der Waals surface area contributed by atoms with Crippen molar-refractivity contribution in [2.24, 2.45) is 23.7 Å². The van der Waals surface area contributed by atoms with Crippen molar-refractivity contribution in [2.75, 3.05) is 65.6 Å². The number of rotatable bonds is 10. The van der Waals surface area contributed by atoms with Crippen molar-refractivity contribution in [2.45, 2.75) is 159 Å². The van der Waals surface area contributed by atoms with Gasteiger partial charge in [0.1, 0.15) is 0 Å². The number of likely N-dealkylation sites (tertiary alicyclic amines) is 4. The van der Waals surface area contributed by atoms with Crippen LogP contribution in [-0.2, 0) is 54.3 Å². The molecule has 446 valence electrons. The number of benzene rings is 2. The van der Waals surface area contributed by atoms with Gasteiger partial charge in [0.25, 0.3) is 0 Å². The van der Waals surface area contributed by atoms with E-state index in [0.29, 0.717) is 49.4 Å². The van der Waals surface area contributed by atoms with Crippen molar-refractivity contribution < 1.29 is 28.7 Å². The van der Waals surface area contributed by atoms with Gasteiger partial charge in [-0.05, 0) is 234 Å². The van der Waals surface area contributed by atoms with E-state index in [0.717, 1.165) is 203 Å². The molecular formula is C65H78Br4Cl2N6O6. The highest BCUT2D eigenvalue weighted by molar-refractivity contribution is 9.11. The zero-order valence-electron chi connectivity index (χ0n) is 47.6. The fraction of sp³-hybridized carbons (Fsp3) is 0.600. The molecule has 6 aliphatic heterocycles. The second-order valence-corrected chi connectivity index (χ2v) is 29.2. The summed E-state index contributed by atoms with van der Waals surface area (Å²) in [6.45, 7) is 7.72. The lowest BCUT2D eigenvalue weighted by atomic mass is 9.76. The number of ether oxygens (including phenoxy) is 2. The molecule has 4 aromatic rings. The standard InChI is InChI=1S/C33H40Br2ClN3O3.C32H38Br2ClN3O3/c34-25-16-24-5-4-23-17-26(36)18-28(35)31(23)32(33(24)37-20-25)22-8-12-39(13-9-22)29(40)15-21-6-10-38(11-7-21)30(41)19-27-3-1-2-14-42-27;33-24-15-23-4-3-22-16-25(35)17-27(34)30(22)31(32(23)36-19-24)21-7-11-38(12-8-21)28(39)14-20-5-9-37(10-6-20)29(40)18-26-2-1-13-41-26/h16-18,20-22,27,32H,1-15,19H2;15-17,19-21,26,31H,1-14,18H2/t27?,32-;26?,31-/m11/s1. The van der Waals surface area contributed by atoms with Crippen LogP contribution in [0, 0.1) is 23.7 Å². The summed E-state index contributed by atoms with van der Waals surface area (Å²) in [6.07, 6.45) is 22.7. The first kappa shape index (κ1) is 61.7. The smallest absolute Gasteiger partial charge is 0.225 e. The monoisotopic (exact) mass is 1420 g/mol. The molecule has 6 saturated heterocycles. The van der Waals surface area contributed by atoms with Crippen LogP contribution in [0.25, 0.3) is 0 Å². The summed E-state index contributed by atoms with van der Waals surface area (Å²) in [5.41, 5.74) is 10.1. The third kappa shape index (κ3) is 15.1. The van der Waals surface area contributed by atoms with Crippen LogP contribution in [0.1, 0.15) is 166 Å². The maximum Gasteiger partial charge on any atom is 0.225 e. The number of halogens is 6. The van der Waals surface area contributed by atoms with Crippen molar-refractivity contribution >= 4 is 111 Å². The van der Waals surface area contributed by atoms with Gasteiger partial charge in [0.15, 0.2) is 0 Å². The number of pyridine rings is 2. The van der Waals surface area contributed by atoms with Crippen molar-refractivity contribution in [3.8, 4) is 0 Å². The lowest BCUT2D eigenvalue weighted by Gasteiger charge is -2.38. The maximum atomic E-state index is 13.4. The van der Waals surface area contributed by atoms with Gasteiger partial charge in [0.2, 0.25) is 23.6 Å². The van der Waals surface area contributed by atoms with Crippen LogP contribution < -0.4 is 0 Å². The Morgan fingerprint density at radius 1 is 0.446 bits per heavy atom. The molecule has 0 saturated carbocycles. The number of piperidine rings is 4. The van der Waals surface area contributed by atoms with Crippen LogP contribution in [0.4, 0.5) is 0 Å². The highest BCUT2D eigenvalue weighted by Gasteiger charge is 2.40. The number of hydrogen-bond acceptors (Lipinski definition) is 8. The van der Waals surface area contributed by atoms with E-state index < -0.39 is 0 Å². The third-order valence-corrected chi connectivity index (χ3v) is 22.1. The molecule has 2 aromatic heterocycles. The molecule has 2 aromatic carbocycles. The number of carbonyl (C=O) groups excluding carboxylic acids is 4. The number of fused-ring (bicyclic) bond motifs is 4. The summed E-state index contributed by atoms with van der Waals surface area (Å²) < 4.78 is 15.6. The van der Waals surface area contributed by atoms with Gasteiger partial charge < -0.3 is 29.1 Å². The molecular weight excluding hydrogens is 1350 g/mol. The first-order chi connectivity index (χ1) is 40.2. The number of aryl methyl sites for hydroxylation is 4. The molecule has 0 radical (unpaired) electrons. The second-order valence-electron chi connectivity index (χ2n) is 24.8. The Morgan fingerprint density at radius 3 is 1.18 bits per heavy atom. The number of aromatic nitrogens is 2. The minimum atomic E-state index is 0.0880. The highest BCUT2D eigenvalue weighted by Crippen LogP contribution is 2.48. The van der Waals surface area contributed by atoms with Gasteiger partial charge in [-0.1, -0.05) is 55.1 Å². The molecule has 8 heterocycles. The molecule has 83 heavy (non-hydrogen) atoms. The Bertz CT molecular complexity index is 2980. The fourth-order valence-electron chi connectivity index (χ4n) is 15.0. The molecule has 0 N–H and O–H groups in total. The second kappa shape index (κ2) is 28.5. The van der Waals surface area contributed by atoms with Crippen LogP contribution in [0.2, 0.25) is 10.0 Å². The zero-order valence-corrected chi connectivity index (χ0v) is 55.4. The van der Waals surface area contributed by atoms with Gasteiger partial charge in [-0.25, -0.2) is 0 Å². The van der Waals surface area contributed by atoms with Gasteiger partial charge in [0, 0.05) is 131 Å². The first-order valence-corrected chi connectivity index (χ1v) is 34.7. The molecule has 4 atom stereocenters. The number of hydrogen-bond donors (Lipinski definition) is 0. The summed E-state index contributed by atoms with van der Waals surface area (Å²) in [5.74, 6) is 2.83. The average molecular weight is 1430 g/mol. The molecule has 6 fully saturated rings. The molecule has 8 aliphatic rings. The Morgan fingerprint density at radius 2 is 0.807 bits per heavy atom. The molecule has 2 unspecified atom stereocenters. The van der Waals surface area contributed by atoms with Gasteiger partial charge >= 0.3 is 0 Å². The quantitative estimate of drug-likeness (QED) is 0.154. The topological polar surface area (TPSA) is 125 Å². The van der Waals surface area contributed by atoms with E-state index in [1.807, 2.05) is 34.3 Å². The van der Waals surface area contributed by atoms with Crippen molar-refractivity contribution in [1.82, 2.24) is 29.6 Å². The average Bonchev–Trinajstić information content (AvgIpc) is 4.06. The molecule has 0 spiro atoms. The van der Waals surface area contributed by atoms with Gasteiger partial charge in [-0.3, -0.25) is 29.1 Å². The van der Waals surface area contributed by atoms with Gasteiger partial charge in [0.05, 0.1) is 36.4 Å². The Kier molecular flexibility index (Phi) is 21.2. The predicted molar refractivity (Wildman–Crippen MR) is 339 cm³/mol. The van der Waals surface area contributed by atoms with E-state index in [1.54, 1.807) is 0 Å². The van der Waals surface area contributed by atoms with E-state index in [4.69, 9.17) is 42.6 Å². The Labute approximate surface area is 534 Å². The van der Waals surface area contributed by atoms with Crippen LogP contribution in [0.3, 0.4) is 0 Å². The van der Waals surface area contributed by atoms with Crippen molar-refractivity contribution in [3.05, 3.63) is 121 Å². The Balaban J connectivity index is 0.000000174. The summed E-state index contributed by atoms with van der Waals surface area (Å²) >= 11 is 27.9. The molecule has 18 heteroatoms. The molecule has 4 amide bonds. The van der Waals surface area contributed by atoms with Crippen LogP contribution in [0.15, 0.2) is 66.7 Å². The number of nitrogens with zero attached hydrogens (tertiary/aromatic N) is 6. The van der Waals surface area contributed by atoms with E-state index in [9.17, 15) is 19.2 Å². The van der Waals surface area contributed by atoms with E-state index in [2.05, 4.69) is 97.8 Å². The lowest BCUT2D eigenvalue weighted by Crippen LogP contribution is -2.43. The van der Waals surface area contributed by atoms with Crippen molar-refractivity contribution in [3.63, 3.8) is 0 Å². The number of amides is 4. The van der Waals surface area contributed by atoms with E-state index in [-0.39, 0.29) is 47.7 Å². The van der Waals surface area contributed by atoms with E-state index >= 15 is 0 Å². The zero-order chi connectivity index (χ0) is 57.7. The maximum absolute atomic E-state index is 13.4. The summed E-state index contributed by atoms with van der Waals surface area (Å²) in [5, 5.41) is 1.52. The van der Waals surface area contributed by atoms with Gasteiger partial charge in [-0.15, -0.1) is 0 Å². The van der Waals surface area contributed by atoms with E-state index in [1.165, 1.54) is 44.8 Å². The third-order valence-electron chi connectivity index (χ3n) is 19.5. The van der Waals surface area contributed by atoms with Crippen LogP contribution >= 0.6 is 86.9 Å². The predicted octanol–water partition coefficient (Wildman–Crippen LogP) is 14.2. The largest absolute Gasteiger partial charge is 0.378 e. The highest BCUT2D eigenvalue weighted by atomic mass is 79.9. The SMILES string of the molecule is O=C(CC1CCN(C(=O)CC2CCCCO2)CC1)N1CCC([C@H]2c3ncc(Br)cc3CCc3cc(Cl)cc(Br)c32)CC1.O=C(CC1CCN(C(=O)CC2CCCO2)CC1)N1CCC([C@H]2c3ncc(Br)cc3CCc3cc(Cl)cc(Br)c32)CC1. The van der Waals surface area contributed by atoms with Gasteiger partial charge in [-0.2, -0.15) is 0 Å². The van der Waals surface area contributed by atoms with Crippen LogP contribution in [-0.4, -0.2) is 131 Å². The molecule has 0 bridgehead atoms. The van der Waals surface area contributed by atoms with Crippen LogP contribution in [0.5, 0.6) is 0 Å². The van der Waals surface area contributed by atoms with Crippen molar-refractivity contribution in [1.29, 1.82) is 0 Å². The number of carbonyl (C=O) groups is 4. The molecule has 12 rings (SSSR count). The minimum absolute atomic E-state index is 0.0880. The minimum Gasteiger partial charge on any atom is -0.378 e. The fourth-order valence-corrected chi connectivity index (χ4v) is 18.0. The Hall–Kier alpha value is -2.96. The lowest BCUT2D eigenvalue weighted by molar-refractivity contribution is -0.138. The summed E-state index contributed by atoms with van der Waals surface area (Å²) in [4.78, 5) is 70.3. The first-order valence-electron chi connectivity index (χ1n) is 30.8. The normalized spacial score (nSPS) is 23.7. The molecule has 12 nitrogen and oxygen atoms in total. The summed E-state index contributed by atoms with van der Waals surface area (Å²) in [7, 11) is 0. The molecule has 2 aliphatic carbocycles. The summed E-state index contributed by atoms with van der Waals surface area (Å²) in [6, 6.07) is 12.7.